The molecule has 0 amide bonds. The lowest BCUT2D eigenvalue weighted by molar-refractivity contribution is 0.231. The predicted molar refractivity (Wildman–Crippen MR) is 60.5 cm³/mol. The number of aryl methyl sites for hydroxylation is 1. The number of H-pyrrole nitrogens is 1. The lowest BCUT2D eigenvalue weighted by Crippen LogP contribution is -2.27. The van der Waals surface area contributed by atoms with Gasteiger partial charge in [-0.1, -0.05) is 0 Å². The summed E-state index contributed by atoms with van der Waals surface area (Å²) in [5.41, 5.74) is 7.96. The number of rotatable bonds is 4. The van der Waals surface area contributed by atoms with Gasteiger partial charge in [-0.2, -0.15) is 5.10 Å². The molecule has 0 radical (unpaired) electrons. The molecule has 1 fully saturated rings. The molecule has 1 aliphatic rings. The molecule has 15 heavy (non-hydrogen) atoms. The van der Waals surface area contributed by atoms with Gasteiger partial charge in [-0.15, -0.1) is 0 Å². The van der Waals surface area contributed by atoms with Crippen LogP contribution < -0.4 is 5.73 Å². The van der Waals surface area contributed by atoms with E-state index in [1.807, 2.05) is 6.92 Å². The van der Waals surface area contributed by atoms with Crippen LogP contribution in [0.25, 0.3) is 0 Å². The van der Waals surface area contributed by atoms with Gasteiger partial charge in [0.1, 0.15) is 0 Å². The van der Waals surface area contributed by atoms with Gasteiger partial charge in [-0.25, -0.2) is 0 Å². The molecule has 0 spiro atoms. The summed E-state index contributed by atoms with van der Waals surface area (Å²) >= 11 is 0. The van der Waals surface area contributed by atoms with Crippen molar-refractivity contribution in [1.82, 2.24) is 15.1 Å². The van der Waals surface area contributed by atoms with E-state index in [9.17, 15) is 0 Å². The second-order valence-corrected chi connectivity index (χ2v) is 4.31. The third kappa shape index (κ3) is 2.38. The van der Waals surface area contributed by atoms with E-state index in [-0.39, 0.29) is 0 Å². The van der Waals surface area contributed by atoms with Crippen molar-refractivity contribution >= 4 is 0 Å². The SMILES string of the molecule is Cc1cc(C(CCN)N2CCCC2)n[nH]1. The average molecular weight is 208 g/mol. The minimum Gasteiger partial charge on any atom is -0.330 e. The maximum atomic E-state index is 5.68. The number of hydrogen-bond donors (Lipinski definition) is 2. The van der Waals surface area contributed by atoms with Crippen LogP contribution in [0.1, 0.15) is 36.7 Å². The Bertz CT molecular complexity index is 301. The van der Waals surface area contributed by atoms with Crippen molar-refractivity contribution in [2.45, 2.75) is 32.2 Å². The van der Waals surface area contributed by atoms with Crippen molar-refractivity contribution in [2.75, 3.05) is 19.6 Å². The minimum atomic E-state index is 0.419. The summed E-state index contributed by atoms with van der Waals surface area (Å²) in [4.78, 5) is 2.50. The summed E-state index contributed by atoms with van der Waals surface area (Å²) in [7, 11) is 0. The molecule has 3 N–H and O–H groups in total. The Morgan fingerprint density at radius 1 is 1.53 bits per heavy atom. The van der Waals surface area contributed by atoms with Crippen molar-refractivity contribution in [3.8, 4) is 0 Å². The van der Waals surface area contributed by atoms with Crippen LogP contribution in [0.2, 0.25) is 0 Å². The van der Waals surface area contributed by atoms with Crippen molar-refractivity contribution in [2.24, 2.45) is 5.73 Å². The summed E-state index contributed by atoms with van der Waals surface area (Å²) in [6.45, 7) is 5.15. The molecule has 1 aliphatic heterocycles. The minimum absolute atomic E-state index is 0.419. The molecule has 0 aromatic carbocycles. The van der Waals surface area contributed by atoms with Gasteiger partial charge >= 0.3 is 0 Å². The monoisotopic (exact) mass is 208 g/mol. The molecule has 1 saturated heterocycles. The first-order valence-electron chi connectivity index (χ1n) is 5.77. The first-order valence-corrected chi connectivity index (χ1v) is 5.77. The van der Waals surface area contributed by atoms with Crippen LogP contribution in [-0.2, 0) is 0 Å². The van der Waals surface area contributed by atoms with Crippen molar-refractivity contribution in [1.29, 1.82) is 0 Å². The smallest absolute Gasteiger partial charge is 0.0796 e. The highest BCUT2D eigenvalue weighted by Gasteiger charge is 2.24. The molecule has 1 aromatic heterocycles. The van der Waals surface area contributed by atoms with Crippen LogP contribution in [0, 0.1) is 6.92 Å². The maximum Gasteiger partial charge on any atom is 0.0796 e. The molecule has 2 rings (SSSR count). The Hall–Kier alpha value is -0.870. The van der Waals surface area contributed by atoms with E-state index in [0.717, 1.165) is 24.4 Å². The summed E-state index contributed by atoms with van der Waals surface area (Å²) in [5, 5.41) is 7.37. The lowest BCUT2D eigenvalue weighted by Gasteiger charge is -2.25. The fourth-order valence-electron chi connectivity index (χ4n) is 2.34. The zero-order valence-electron chi connectivity index (χ0n) is 9.37. The highest BCUT2D eigenvalue weighted by Crippen LogP contribution is 2.26. The van der Waals surface area contributed by atoms with E-state index in [4.69, 9.17) is 5.73 Å². The number of aromatic nitrogens is 2. The molecule has 0 aliphatic carbocycles. The van der Waals surface area contributed by atoms with Gasteiger partial charge in [0.05, 0.1) is 11.7 Å². The van der Waals surface area contributed by atoms with Crippen molar-refractivity contribution < 1.29 is 0 Å². The number of aromatic amines is 1. The van der Waals surface area contributed by atoms with Crippen LogP contribution in [0.4, 0.5) is 0 Å². The quantitative estimate of drug-likeness (QED) is 0.781. The number of nitrogens with zero attached hydrogens (tertiary/aromatic N) is 2. The molecule has 2 heterocycles. The van der Waals surface area contributed by atoms with Gasteiger partial charge < -0.3 is 5.73 Å². The Labute approximate surface area is 90.8 Å². The molecule has 84 valence electrons. The molecular weight excluding hydrogens is 188 g/mol. The van der Waals surface area contributed by atoms with E-state index in [1.165, 1.54) is 25.9 Å². The summed E-state index contributed by atoms with van der Waals surface area (Å²) in [6.07, 6.45) is 3.62. The Morgan fingerprint density at radius 2 is 2.27 bits per heavy atom. The van der Waals surface area contributed by atoms with Crippen molar-refractivity contribution in [3.05, 3.63) is 17.5 Å². The lowest BCUT2D eigenvalue weighted by atomic mass is 10.1. The Balaban J connectivity index is 2.11. The van der Waals surface area contributed by atoms with Gasteiger partial charge in [-0.05, 0) is 51.9 Å². The van der Waals surface area contributed by atoms with E-state index in [0.29, 0.717) is 6.04 Å². The predicted octanol–water partition coefficient (Wildman–Crippen LogP) is 1.20. The average Bonchev–Trinajstić information content (AvgIpc) is 2.85. The highest BCUT2D eigenvalue weighted by atomic mass is 15.2. The summed E-state index contributed by atoms with van der Waals surface area (Å²) in [6, 6.07) is 2.56. The second-order valence-electron chi connectivity index (χ2n) is 4.31. The standard InChI is InChI=1S/C11H20N4/c1-9-8-10(14-13-9)11(4-5-12)15-6-2-3-7-15/h8,11H,2-7,12H2,1H3,(H,13,14). The zero-order chi connectivity index (χ0) is 10.7. The molecule has 0 bridgehead atoms. The molecule has 4 heteroatoms. The van der Waals surface area contributed by atoms with E-state index >= 15 is 0 Å². The third-order valence-electron chi connectivity index (χ3n) is 3.09. The molecule has 1 aromatic rings. The Kier molecular flexibility index (Phi) is 3.38. The van der Waals surface area contributed by atoms with Crippen LogP contribution in [0.15, 0.2) is 6.07 Å². The second kappa shape index (κ2) is 4.77. The van der Waals surface area contributed by atoms with E-state index < -0.39 is 0 Å². The largest absolute Gasteiger partial charge is 0.330 e. The van der Waals surface area contributed by atoms with Gasteiger partial charge in [0.25, 0.3) is 0 Å². The van der Waals surface area contributed by atoms with Gasteiger partial charge in [0.2, 0.25) is 0 Å². The zero-order valence-corrected chi connectivity index (χ0v) is 9.37. The van der Waals surface area contributed by atoms with E-state index in [1.54, 1.807) is 0 Å². The fourth-order valence-corrected chi connectivity index (χ4v) is 2.34. The summed E-state index contributed by atoms with van der Waals surface area (Å²) in [5.74, 6) is 0. The molecular formula is C11H20N4. The topological polar surface area (TPSA) is 57.9 Å². The normalized spacial score (nSPS) is 19.6. The van der Waals surface area contributed by atoms with Gasteiger partial charge in [0.15, 0.2) is 0 Å². The number of hydrogen-bond acceptors (Lipinski definition) is 3. The first kappa shape index (κ1) is 10.6. The first-order chi connectivity index (χ1) is 7.31. The van der Waals surface area contributed by atoms with E-state index in [2.05, 4.69) is 21.2 Å². The molecule has 1 unspecified atom stereocenters. The number of nitrogens with one attached hydrogen (secondary N) is 1. The third-order valence-corrected chi connectivity index (χ3v) is 3.09. The number of nitrogens with two attached hydrogens (primary N) is 1. The molecule has 4 nitrogen and oxygen atoms in total. The Morgan fingerprint density at radius 3 is 2.80 bits per heavy atom. The fraction of sp³-hybridized carbons (Fsp3) is 0.727. The van der Waals surface area contributed by atoms with Crippen LogP contribution >= 0.6 is 0 Å². The molecule has 0 saturated carbocycles. The maximum absolute atomic E-state index is 5.68. The molecule has 1 atom stereocenters. The number of likely N-dealkylation sites (tertiary alicyclic amines) is 1. The highest BCUT2D eigenvalue weighted by molar-refractivity contribution is 5.12. The summed E-state index contributed by atoms with van der Waals surface area (Å²) < 4.78 is 0. The van der Waals surface area contributed by atoms with Crippen LogP contribution in [0.5, 0.6) is 0 Å². The van der Waals surface area contributed by atoms with Crippen LogP contribution in [0.3, 0.4) is 0 Å². The van der Waals surface area contributed by atoms with Crippen LogP contribution in [-0.4, -0.2) is 34.7 Å². The van der Waals surface area contributed by atoms with Gasteiger partial charge in [0, 0.05) is 5.69 Å². The van der Waals surface area contributed by atoms with Gasteiger partial charge in [-0.3, -0.25) is 10.00 Å². The van der Waals surface area contributed by atoms with Crippen molar-refractivity contribution in [3.63, 3.8) is 0 Å².